The van der Waals surface area contributed by atoms with Gasteiger partial charge in [-0.15, -0.1) is 0 Å². The van der Waals surface area contributed by atoms with E-state index in [9.17, 15) is 4.79 Å². The first-order valence-electron chi connectivity index (χ1n) is 3.73. The van der Waals surface area contributed by atoms with Gasteiger partial charge < -0.3 is 0 Å². The van der Waals surface area contributed by atoms with Crippen LogP contribution in [0.2, 0.25) is 0 Å². The average Bonchev–Trinajstić information content (AvgIpc) is 2.06. The number of carbonyl (C=O) groups excluding carboxylic acids is 1. The molecule has 1 aromatic rings. The van der Waals surface area contributed by atoms with Gasteiger partial charge in [0.1, 0.15) is 0 Å². The van der Waals surface area contributed by atoms with Crippen molar-refractivity contribution in [2.24, 2.45) is 0 Å². The Morgan fingerprint density at radius 1 is 1.42 bits per heavy atom. The Bertz CT molecular complexity index is 266. The van der Waals surface area contributed by atoms with Crippen LogP contribution in [0.3, 0.4) is 0 Å². The fourth-order valence-electron chi connectivity index (χ4n) is 0.869. The summed E-state index contributed by atoms with van der Waals surface area (Å²) in [5.41, 5.74) is 0.721. The Morgan fingerprint density at radius 3 is 2.42 bits per heavy atom. The summed E-state index contributed by atoms with van der Waals surface area (Å²) in [6.45, 7) is 2.58. The van der Waals surface area contributed by atoms with Gasteiger partial charge >= 0.3 is 79.8 Å². The summed E-state index contributed by atoms with van der Waals surface area (Å²) in [7, 11) is 0. The summed E-state index contributed by atoms with van der Waals surface area (Å²) in [5, 5.41) is 0. The van der Waals surface area contributed by atoms with Gasteiger partial charge in [0, 0.05) is 0 Å². The van der Waals surface area contributed by atoms with Crippen LogP contribution in [0.1, 0.15) is 17.3 Å². The third kappa shape index (κ3) is 2.37. The molecular weight excluding hydrogens is 213 g/mol. The summed E-state index contributed by atoms with van der Waals surface area (Å²) in [6.07, 6.45) is 0. The molecule has 0 saturated heterocycles. The molecule has 1 rings (SSSR count). The van der Waals surface area contributed by atoms with Gasteiger partial charge in [0.15, 0.2) is 0 Å². The van der Waals surface area contributed by atoms with Crippen LogP contribution in [0, 0.1) is 0 Å². The van der Waals surface area contributed by atoms with Crippen molar-refractivity contribution in [2.75, 3.05) is 6.61 Å². The molecule has 61 valence electrons. The topological polar surface area (TPSA) is 26.3 Å². The minimum absolute atomic E-state index is 0.0815. The van der Waals surface area contributed by atoms with Gasteiger partial charge in [-0.2, -0.15) is 0 Å². The molecule has 0 aliphatic heterocycles. The average molecular weight is 222 g/mol. The number of carbonyl (C=O) groups is 1. The molecule has 0 amide bonds. The zero-order chi connectivity index (χ0) is 8.97. The number of hydrogen-bond donors (Lipinski definition) is 0. The second-order valence-corrected chi connectivity index (χ2v) is 3.24. The van der Waals surface area contributed by atoms with E-state index in [2.05, 4.69) is 0 Å². The quantitative estimate of drug-likeness (QED) is 0.722. The van der Waals surface area contributed by atoms with E-state index < -0.39 is 0 Å². The molecule has 0 spiro atoms. The first kappa shape index (κ1) is 9.32. The second-order valence-electron chi connectivity index (χ2n) is 2.29. The molecular formula is C9H9GeO2. The van der Waals surface area contributed by atoms with E-state index in [0.717, 1.165) is 11.3 Å². The van der Waals surface area contributed by atoms with Gasteiger partial charge in [-0.05, 0) is 0 Å². The molecule has 3 radical (unpaired) electrons. The van der Waals surface area contributed by atoms with Crippen molar-refractivity contribution in [1.29, 1.82) is 0 Å². The molecule has 12 heavy (non-hydrogen) atoms. The number of ether oxygens (including phenoxy) is 1. The molecule has 0 atom stereocenters. The number of rotatable bonds is 3. The van der Waals surface area contributed by atoms with Crippen molar-refractivity contribution in [2.45, 2.75) is 6.92 Å². The van der Waals surface area contributed by atoms with E-state index >= 15 is 0 Å². The molecule has 2 nitrogen and oxygen atoms in total. The number of benzene rings is 1. The van der Waals surface area contributed by atoms with Crippen LogP contribution in [0.25, 0.3) is 0 Å². The van der Waals surface area contributed by atoms with Gasteiger partial charge in [0.05, 0.1) is 0 Å². The summed E-state index contributed by atoms with van der Waals surface area (Å²) < 4.78 is 5.31. The first-order valence-corrected chi connectivity index (χ1v) is 4.77. The Hall–Kier alpha value is -0.767. The number of hydrogen-bond acceptors (Lipinski definition) is 2. The zero-order valence-electron chi connectivity index (χ0n) is 6.83. The van der Waals surface area contributed by atoms with Crippen molar-refractivity contribution >= 4 is 21.1 Å². The van der Waals surface area contributed by atoms with E-state index in [1.54, 1.807) is 40.8 Å². The molecule has 0 saturated carbocycles. The van der Waals surface area contributed by atoms with Crippen molar-refractivity contribution in [3.8, 4) is 5.75 Å². The van der Waals surface area contributed by atoms with Crippen LogP contribution in [0.5, 0.6) is 5.75 Å². The van der Waals surface area contributed by atoms with E-state index in [1.165, 1.54) is 0 Å². The molecule has 0 N–H and O–H groups in total. The summed E-state index contributed by atoms with van der Waals surface area (Å²) in [4.78, 5) is 10.9. The molecule has 3 heteroatoms. The van der Waals surface area contributed by atoms with Crippen LogP contribution in [-0.4, -0.2) is 27.7 Å². The predicted octanol–water partition coefficient (Wildman–Crippen LogP) is 1.39. The Morgan fingerprint density at radius 2 is 2.00 bits per heavy atom. The van der Waals surface area contributed by atoms with Crippen LogP contribution >= 0.6 is 0 Å². The molecule has 0 aliphatic rings. The molecule has 0 heterocycles. The van der Waals surface area contributed by atoms with Crippen LogP contribution in [-0.2, 0) is 0 Å². The van der Waals surface area contributed by atoms with Gasteiger partial charge in [-0.3, -0.25) is 0 Å². The first-order chi connectivity index (χ1) is 5.74. The van der Waals surface area contributed by atoms with Crippen molar-refractivity contribution < 1.29 is 9.53 Å². The van der Waals surface area contributed by atoms with Gasteiger partial charge in [0.2, 0.25) is 0 Å². The Labute approximate surface area is 80.1 Å². The van der Waals surface area contributed by atoms with Gasteiger partial charge in [-0.25, -0.2) is 0 Å². The van der Waals surface area contributed by atoms with Crippen molar-refractivity contribution in [3.63, 3.8) is 0 Å². The second kappa shape index (κ2) is 4.31. The van der Waals surface area contributed by atoms with E-state index in [4.69, 9.17) is 4.74 Å². The van der Waals surface area contributed by atoms with E-state index in [-0.39, 0.29) is 4.62 Å². The Balaban J connectivity index is 2.78. The van der Waals surface area contributed by atoms with Gasteiger partial charge in [0.25, 0.3) is 0 Å². The Kier molecular flexibility index (Phi) is 3.35. The van der Waals surface area contributed by atoms with E-state index in [0.29, 0.717) is 6.61 Å². The zero-order valence-corrected chi connectivity index (χ0v) is 8.93. The van der Waals surface area contributed by atoms with E-state index in [1.807, 2.05) is 6.92 Å². The minimum atomic E-state index is 0.0815. The maximum atomic E-state index is 10.9. The van der Waals surface area contributed by atoms with Crippen LogP contribution in [0.4, 0.5) is 0 Å². The summed E-state index contributed by atoms with van der Waals surface area (Å²) >= 11 is 1.55. The third-order valence-corrected chi connectivity index (χ3v) is 2.03. The molecule has 0 aliphatic carbocycles. The normalized spacial score (nSPS) is 9.50. The molecule has 0 unspecified atom stereocenters. The SMILES string of the molecule is CCOc1ccc([C](=O)[Ge])cc1. The standard InChI is InChI=1S/C9H9GeO2/c1-2-12-8-5-3-7(4-6-8)9(10)11/h3-6H,2H2,1H3. The molecule has 1 aromatic carbocycles. The predicted molar refractivity (Wildman–Crippen MR) is 47.7 cm³/mol. The fraction of sp³-hybridized carbons (Fsp3) is 0.222. The molecule has 0 aromatic heterocycles. The maximum absolute atomic E-state index is 10.9. The van der Waals surface area contributed by atoms with Crippen molar-refractivity contribution in [3.05, 3.63) is 29.8 Å². The third-order valence-electron chi connectivity index (χ3n) is 1.43. The van der Waals surface area contributed by atoms with Crippen LogP contribution in [0.15, 0.2) is 24.3 Å². The molecule has 0 fully saturated rings. The summed E-state index contributed by atoms with van der Waals surface area (Å²) in [5.74, 6) is 0.808. The summed E-state index contributed by atoms with van der Waals surface area (Å²) in [6, 6.07) is 7.15. The monoisotopic (exact) mass is 223 g/mol. The van der Waals surface area contributed by atoms with Gasteiger partial charge in [-0.1, -0.05) is 0 Å². The fourth-order valence-corrected chi connectivity index (χ4v) is 1.22. The molecule has 0 bridgehead atoms. The van der Waals surface area contributed by atoms with Crippen molar-refractivity contribution in [1.82, 2.24) is 0 Å². The van der Waals surface area contributed by atoms with Crippen LogP contribution < -0.4 is 4.74 Å².